The van der Waals surface area contributed by atoms with Gasteiger partial charge in [-0.05, 0) is 138 Å². The molecule has 6 aromatic carbocycles. The van der Waals surface area contributed by atoms with Gasteiger partial charge in [0.25, 0.3) is 0 Å². The highest BCUT2D eigenvalue weighted by molar-refractivity contribution is 6.10. The van der Waals surface area contributed by atoms with Gasteiger partial charge in [-0.1, -0.05) is 123 Å². The van der Waals surface area contributed by atoms with Crippen molar-refractivity contribution in [3.05, 3.63) is 197 Å². The molecule has 0 spiro atoms. The van der Waals surface area contributed by atoms with Gasteiger partial charge in [0.05, 0.1) is 11.0 Å². The molecule has 1 heterocycles. The van der Waals surface area contributed by atoms with Crippen molar-refractivity contribution in [2.24, 2.45) is 0 Å². The highest BCUT2D eigenvalue weighted by Crippen LogP contribution is 2.51. The molecule has 54 heavy (non-hydrogen) atoms. The molecule has 3 aliphatic rings. The second-order valence-corrected chi connectivity index (χ2v) is 15.7. The molecule has 0 radical (unpaired) electrons. The molecule has 1 aromatic heterocycles. The Hall–Kier alpha value is -6.12. The maximum Gasteiger partial charge on any atom is 0.0541 e. The number of aryl methyl sites for hydroxylation is 1. The van der Waals surface area contributed by atoms with Crippen molar-refractivity contribution in [3.8, 4) is 16.8 Å². The lowest BCUT2D eigenvalue weighted by Gasteiger charge is -2.32. The van der Waals surface area contributed by atoms with Crippen LogP contribution in [0, 0.1) is 6.92 Å². The van der Waals surface area contributed by atoms with Crippen LogP contribution in [0.15, 0.2) is 175 Å². The third-order valence-electron chi connectivity index (χ3n) is 12.1. The summed E-state index contributed by atoms with van der Waals surface area (Å²) in [5, 5.41) is 2.54. The summed E-state index contributed by atoms with van der Waals surface area (Å²) in [6.07, 6.45) is 13.7. The maximum absolute atomic E-state index is 2.51. The Balaban J connectivity index is 1.05. The Morgan fingerprint density at radius 1 is 0.593 bits per heavy atom. The van der Waals surface area contributed by atoms with Crippen LogP contribution in [-0.4, -0.2) is 4.57 Å². The predicted octanol–water partition coefficient (Wildman–Crippen LogP) is 14.1. The van der Waals surface area contributed by atoms with E-state index in [1.54, 1.807) is 0 Å². The summed E-state index contributed by atoms with van der Waals surface area (Å²) >= 11 is 0. The third-order valence-corrected chi connectivity index (χ3v) is 12.1. The minimum Gasteiger partial charge on any atom is -0.314 e. The van der Waals surface area contributed by atoms with Crippen LogP contribution >= 0.6 is 0 Å². The zero-order valence-electron chi connectivity index (χ0n) is 31.3. The SMILES string of the molecule is Cc1ccc(C2=CC=C(N(c3ccc(-c4ccc5c(c4)c4ccccc4n5-c4ccccc4)cc3)c3ccc4c(c3)C(C)(C)C3=C4CCC=C3)CC2)cc1. The largest absolute Gasteiger partial charge is 0.314 e. The number of hydrogen-bond donors (Lipinski definition) is 0. The fourth-order valence-corrected chi connectivity index (χ4v) is 9.24. The molecule has 0 unspecified atom stereocenters. The van der Waals surface area contributed by atoms with Crippen LogP contribution in [0.4, 0.5) is 11.4 Å². The van der Waals surface area contributed by atoms with E-state index in [0.29, 0.717) is 0 Å². The Morgan fingerprint density at radius 3 is 2.11 bits per heavy atom. The molecule has 0 N–H and O–H groups in total. The average Bonchev–Trinajstić information content (AvgIpc) is 3.67. The minimum absolute atomic E-state index is 0.0190. The van der Waals surface area contributed by atoms with Gasteiger partial charge in [0.15, 0.2) is 0 Å². The molecule has 262 valence electrons. The van der Waals surface area contributed by atoms with Crippen molar-refractivity contribution < 1.29 is 0 Å². The number of benzene rings is 6. The van der Waals surface area contributed by atoms with Crippen molar-refractivity contribution in [1.29, 1.82) is 0 Å². The normalized spacial score (nSPS) is 16.0. The molecule has 0 amide bonds. The Kier molecular flexibility index (Phi) is 7.70. The van der Waals surface area contributed by atoms with E-state index in [2.05, 4.69) is 194 Å². The van der Waals surface area contributed by atoms with E-state index >= 15 is 0 Å². The highest BCUT2D eigenvalue weighted by atomic mass is 15.1. The second-order valence-electron chi connectivity index (χ2n) is 15.7. The Morgan fingerprint density at radius 2 is 1.31 bits per heavy atom. The number of rotatable bonds is 6. The molecule has 3 aliphatic carbocycles. The lowest BCUT2D eigenvalue weighted by molar-refractivity contribution is 0.651. The Labute approximate surface area is 318 Å². The average molecular weight is 697 g/mol. The number of aromatic nitrogens is 1. The standard InChI is InChI=1S/C52H44N2/c1-35-17-19-36(20-18-35)37-21-26-41(27-22-37)53(43-30-31-45-44-13-7-9-15-48(44)52(2,3)49(45)34-43)42-28-23-38(24-29-42)39-25-32-51-47(33-39)46-14-8-10-16-50(46)54(51)40-11-5-4-6-12-40/h4-6,8-12,14-21,23-26,28-34H,7,13,22,27H2,1-3H3. The summed E-state index contributed by atoms with van der Waals surface area (Å²) in [6.45, 7) is 6.96. The van der Waals surface area contributed by atoms with Crippen LogP contribution in [0.5, 0.6) is 0 Å². The summed E-state index contributed by atoms with van der Waals surface area (Å²) in [5.74, 6) is 0. The Bertz CT molecular complexity index is 2710. The summed E-state index contributed by atoms with van der Waals surface area (Å²) < 4.78 is 2.38. The first-order valence-corrected chi connectivity index (χ1v) is 19.5. The van der Waals surface area contributed by atoms with E-state index in [1.165, 1.54) is 94.7 Å². The number of hydrogen-bond acceptors (Lipinski definition) is 1. The molecule has 0 atom stereocenters. The summed E-state index contributed by atoms with van der Waals surface area (Å²) in [5.41, 5.74) is 19.7. The quantitative estimate of drug-likeness (QED) is 0.168. The second kappa shape index (κ2) is 12.8. The number of allylic oxidation sites excluding steroid dienone is 8. The molecular formula is C52H44N2. The monoisotopic (exact) mass is 696 g/mol. The highest BCUT2D eigenvalue weighted by Gasteiger charge is 2.37. The van der Waals surface area contributed by atoms with Crippen LogP contribution in [0.1, 0.15) is 61.8 Å². The van der Waals surface area contributed by atoms with Gasteiger partial charge in [-0.3, -0.25) is 0 Å². The zero-order valence-corrected chi connectivity index (χ0v) is 31.3. The van der Waals surface area contributed by atoms with E-state index in [-0.39, 0.29) is 5.41 Å². The van der Waals surface area contributed by atoms with Crippen LogP contribution < -0.4 is 4.90 Å². The van der Waals surface area contributed by atoms with Crippen molar-refractivity contribution in [2.45, 2.75) is 51.9 Å². The van der Waals surface area contributed by atoms with Gasteiger partial charge in [0.2, 0.25) is 0 Å². The number of nitrogens with zero attached hydrogens (tertiary/aromatic N) is 2. The molecule has 0 fully saturated rings. The molecule has 2 nitrogen and oxygen atoms in total. The number of fused-ring (bicyclic) bond motifs is 5. The van der Waals surface area contributed by atoms with Gasteiger partial charge in [-0.25, -0.2) is 0 Å². The van der Waals surface area contributed by atoms with E-state index < -0.39 is 0 Å². The smallest absolute Gasteiger partial charge is 0.0541 e. The van der Waals surface area contributed by atoms with Crippen molar-refractivity contribution in [2.75, 3.05) is 4.90 Å². The van der Waals surface area contributed by atoms with Crippen LogP contribution in [0.2, 0.25) is 0 Å². The molecule has 10 rings (SSSR count). The van der Waals surface area contributed by atoms with E-state index in [4.69, 9.17) is 0 Å². The van der Waals surface area contributed by atoms with Gasteiger partial charge >= 0.3 is 0 Å². The first-order valence-electron chi connectivity index (χ1n) is 19.5. The third kappa shape index (κ3) is 5.31. The topological polar surface area (TPSA) is 8.17 Å². The van der Waals surface area contributed by atoms with Crippen LogP contribution in [-0.2, 0) is 5.41 Å². The van der Waals surface area contributed by atoms with E-state index in [1.807, 2.05) is 0 Å². The van der Waals surface area contributed by atoms with Crippen LogP contribution in [0.3, 0.4) is 0 Å². The summed E-state index contributed by atoms with van der Waals surface area (Å²) in [4.78, 5) is 2.51. The molecule has 2 heteroatoms. The molecule has 0 saturated carbocycles. The van der Waals surface area contributed by atoms with Crippen molar-refractivity contribution in [3.63, 3.8) is 0 Å². The number of para-hydroxylation sites is 2. The van der Waals surface area contributed by atoms with Crippen LogP contribution in [0.25, 0.3) is 49.8 Å². The van der Waals surface area contributed by atoms with Crippen molar-refractivity contribution in [1.82, 2.24) is 4.57 Å². The van der Waals surface area contributed by atoms with Gasteiger partial charge in [-0.15, -0.1) is 0 Å². The fraction of sp³-hybridized carbons (Fsp3) is 0.154. The lowest BCUT2D eigenvalue weighted by Crippen LogP contribution is -2.20. The van der Waals surface area contributed by atoms with Gasteiger partial charge in [-0.2, -0.15) is 0 Å². The zero-order chi connectivity index (χ0) is 36.4. The van der Waals surface area contributed by atoms with Gasteiger partial charge in [0.1, 0.15) is 0 Å². The summed E-state index contributed by atoms with van der Waals surface area (Å²) in [7, 11) is 0. The van der Waals surface area contributed by atoms with Crippen molar-refractivity contribution >= 4 is 44.3 Å². The first kappa shape index (κ1) is 32.5. The van der Waals surface area contributed by atoms with Gasteiger partial charge < -0.3 is 9.47 Å². The maximum atomic E-state index is 2.51. The lowest BCUT2D eigenvalue weighted by atomic mass is 9.80. The first-order chi connectivity index (χ1) is 26.4. The van der Waals surface area contributed by atoms with E-state index in [0.717, 1.165) is 25.7 Å². The van der Waals surface area contributed by atoms with Gasteiger partial charge in [0, 0.05) is 38.9 Å². The fourth-order valence-electron chi connectivity index (χ4n) is 9.24. The number of anilines is 2. The summed E-state index contributed by atoms with van der Waals surface area (Å²) in [6, 6.07) is 51.8. The minimum atomic E-state index is -0.0190. The molecular weight excluding hydrogens is 653 g/mol. The predicted molar refractivity (Wildman–Crippen MR) is 230 cm³/mol. The molecule has 0 saturated heterocycles. The molecule has 7 aromatic rings. The van der Waals surface area contributed by atoms with E-state index in [9.17, 15) is 0 Å². The molecule has 0 aliphatic heterocycles. The molecule has 0 bridgehead atoms.